The number of carbonyl (C=O) groups excluding carboxylic acids is 1. The zero-order valence-corrected chi connectivity index (χ0v) is 12.6. The number of aryl methyl sites for hydroxylation is 1. The van der Waals surface area contributed by atoms with Gasteiger partial charge in [0.25, 0.3) is 0 Å². The second kappa shape index (κ2) is 5.58. The Balaban J connectivity index is 2.12. The van der Waals surface area contributed by atoms with E-state index in [9.17, 15) is 4.79 Å². The second-order valence-electron chi connectivity index (χ2n) is 6.23. The summed E-state index contributed by atoms with van der Waals surface area (Å²) >= 11 is 0. The normalized spacial score (nSPS) is 11.4. The molecule has 2 rings (SSSR count). The fraction of sp³-hybridized carbons (Fsp3) is 0.333. The van der Waals surface area contributed by atoms with E-state index in [0.29, 0.717) is 6.42 Å². The molecule has 0 aliphatic carbocycles. The minimum absolute atomic E-state index is 0.138. The molecule has 0 atom stereocenters. The van der Waals surface area contributed by atoms with Crippen LogP contribution >= 0.6 is 0 Å². The van der Waals surface area contributed by atoms with E-state index in [0.717, 1.165) is 16.8 Å². The number of benzene rings is 1. The fourth-order valence-electron chi connectivity index (χ4n) is 2.13. The van der Waals surface area contributed by atoms with E-state index in [4.69, 9.17) is 0 Å². The van der Waals surface area contributed by atoms with Crippen molar-refractivity contribution < 1.29 is 4.79 Å². The quantitative estimate of drug-likeness (QED) is 0.783. The van der Waals surface area contributed by atoms with E-state index in [1.54, 1.807) is 12.3 Å². The third-order valence-electron chi connectivity index (χ3n) is 3.40. The first-order valence-electron chi connectivity index (χ1n) is 6.91. The SMILES string of the molecule is Cc1cc(C(=O)Cc2ccc(C(C)(C)C)cc2)ccn1. The van der Waals surface area contributed by atoms with E-state index in [2.05, 4.69) is 37.9 Å². The fourth-order valence-corrected chi connectivity index (χ4v) is 2.13. The lowest BCUT2D eigenvalue weighted by Crippen LogP contribution is -2.11. The lowest BCUT2D eigenvalue weighted by atomic mass is 9.86. The highest BCUT2D eigenvalue weighted by atomic mass is 16.1. The van der Waals surface area contributed by atoms with Crippen LogP contribution < -0.4 is 0 Å². The number of carbonyl (C=O) groups is 1. The molecule has 0 unspecified atom stereocenters. The summed E-state index contributed by atoms with van der Waals surface area (Å²) in [6.07, 6.45) is 2.12. The van der Waals surface area contributed by atoms with Crippen LogP contribution in [0.15, 0.2) is 42.6 Å². The van der Waals surface area contributed by atoms with E-state index in [-0.39, 0.29) is 11.2 Å². The van der Waals surface area contributed by atoms with Crippen LogP contribution in [0.4, 0.5) is 0 Å². The number of rotatable bonds is 3. The predicted molar refractivity (Wildman–Crippen MR) is 82.2 cm³/mol. The number of hydrogen-bond donors (Lipinski definition) is 0. The first-order valence-corrected chi connectivity index (χ1v) is 6.91. The summed E-state index contributed by atoms with van der Waals surface area (Å²) in [6, 6.07) is 11.9. The van der Waals surface area contributed by atoms with Gasteiger partial charge in [-0.1, -0.05) is 45.0 Å². The summed E-state index contributed by atoms with van der Waals surface area (Å²) < 4.78 is 0. The first kappa shape index (κ1) is 14.4. The van der Waals surface area contributed by atoms with Crippen LogP contribution in [-0.2, 0) is 11.8 Å². The first-order chi connectivity index (χ1) is 9.36. The van der Waals surface area contributed by atoms with Gasteiger partial charge in [-0.2, -0.15) is 0 Å². The molecule has 0 bridgehead atoms. The minimum atomic E-state index is 0.138. The zero-order chi connectivity index (χ0) is 14.8. The summed E-state index contributed by atoms with van der Waals surface area (Å²) in [4.78, 5) is 16.3. The third kappa shape index (κ3) is 3.53. The molecule has 0 spiro atoms. The van der Waals surface area contributed by atoms with Crippen LogP contribution in [0.2, 0.25) is 0 Å². The predicted octanol–water partition coefficient (Wildman–Crippen LogP) is 4.11. The number of Topliss-reactive ketones (excluding diaryl/α,β-unsaturated/α-hetero) is 1. The minimum Gasteiger partial charge on any atom is -0.294 e. The van der Waals surface area contributed by atoms with Gasteiger partial charge >= 0.3 is 0 Å². The molecule has 2 nitrogen and oxygen atoms in total. The second-order valence-corrected chi connectivity index (χ2v) is 6.23. The van der Waals surface area contributed by atoms with Crippen molar-refractivity contribution in [1.29, 1.82) is 0 Å². The van der Waals surface area contributed by atoms with Crippen molar-refractivity contribution in [3.8, 4) is 0 Å². The number of aromatic nitrogens is 1. The Morgan fingerprint density at radius 3 is 2.30 bits per heavy atom. The Morgan fingerprint density at radius 1 is 1.10 bits per heavy atom. The Morgan fingerprint density at radius 2 is 1.75 bits per heavy atom. The molecular weight excluding hydrogens is 246 g/mol. The Labute approximate surface area is 120 Å². The van der Waals surface area contributed by atoms with E-state index >= 15 is 0 Å². The van der Waals surface area contributed by atoms with Crippen molar-refractivity contribution in [3.63, 3.8) is 0 Å². The molecule has 0 fully saturated rings. The highest BCUT2D eigenvalue weighted by molar-refractivity contribution is 5.97. The molecule has 2 aromatic rings. The number of pyridine rings is 1. The molecule has 0 saturated heterocycles. The van der Waals surface area contributed by atoms with Gasteiger partial charge in [-0.15, -0.1) is 0 Å². The lowest BCUT2D eigenvalue weighted by molar-refractivity contribution is 0.0993. The van der Waals surface area contributed by atoms with Gasteiger partial charge in [0.2, 0.25) is 0 Å². The maximum absolute atomic E-state index is 12.2. The Kier molecular flexibility index (Phi) is 4.03. The van der Waals surface area contributed by atoms with Crippen LogP contribution in [-0.4, -0.2) is 10.8 Å². The van der Waals surface area contributed by atoms with Crippen molar-refractivity contribution in [2.24, 2.45) is 0 Å². The van der Waals surface area contributed by atoms with E-state index in [1.165, 1.54) is 5.56 Å². The molecule has 20 heavy (non-hydrogen) atoms. The molecular formula is C18H21NO. The van der Waals surface area contributed by atoms with Gasteiger partial charge < -0.3 is 0 Å². The van der Waals surface area contributed by atoms with Crippen molar-refractivity contribution in [2.75, 3.05) is 0 Å². The maximum Gasteiger partial charge on any atom is 0.167 e. The standard InChI is InChI=1S/C18H21NO/c1-13-11-15(9-10-19-13)17(20)12-14-5-7-16(8-6-14)18(2,3)4/h5-11H,12H2,1-4H3. The van der Waals surface area contributed by atoms with Crippen molar-refractivity contribution in [3.05, 3.63) is 65.0 Å². The lowest BCUT2D eigenvalue weighted by Gasteiger charge is -2.19. The molecule has 1 aromatic heterocycles. The maximum atomic E-state index is 12.2. The highest BCUT2D eigenvalue weighted by Gasteiger charge is 2.13. The van der Waals surface area contributed by atoms with Crippen LogP contribution in [0.1, 0.15) is 48.0 Å². The summed E-state index contributed by atoms with van der Waals surface area (Å²) in [5.41, 5.74) is 4.09. The summed E-state index contributed by atoms with van der Waals surface area (Å²) in [7, 11) is 0. The molecule has 2 heteroatoms. The highest BCUT2D eigenvalue weighted by Crippen LogP contribution is 2.22. The Bertz CT molecular complexity index is 606. The molecule has 0 aliphatic rings. The van der Waals surface area contributed by atoms with E-state index < -0.39 is 0 Å². The monoisotopic (exact) mass is 267 g/mol. The average molecular weight is 267 g/mol. The molecule has 104 valence electrons. The molecule has 1 heterocycles. The molecule has 0 N–H and O–H groups in total. The molecule has 0 radical (unpaired) electrons. The van der Waals surface area contributed by atoms with Gasteiger partial charge in [-0.05, 0) is 35.6 Å². The molecule has 1 aromatic carbocycles. The number of ketones is 1. The largest absolute Gasteiger partial charge is 0.294 e. The van der Waals surface area contributed by atoms with Crippen LogP contribution in [0.5, 0.6) is 0 Å². The third-order valence-corrected chi connectivity index (χ3v) is 3.40. The molecule has 0 saturated carbocycles. The van der Waals surface area contributed by atoms with Gasteiger partial charge in [-0.3, -0.25) is 9.78 Å². The van der Waals surface area contributed by atoms with Gasteiger partial charge in [0.05, 0.1) is 0 Å². The summed E-state index contributed by atoms with van der Waals surface area (Å²) in [5, 5.41) is 0. The topological polar surface area (TPSA) is 30.0 Å². The summed E-state index contributed by atoms with van der Waals surface area (Å²) in [6.45, 7) is 8.46. The van der Waals surface area contributed by atoms with Crippen molar-refractivity contribution in [1.82, 2.24) is 4.98 Å². The summed E-state index contributed by atoms with van der Waals surface area (Å²) in [5.74, 6) is 0.138. The van der Waals surface area contributed by atoms with Gasteiger partial charge in [-0.25, -0.2) is 0 Å². The van der Waals surface area contributed by atoms with Crippen LogP contribution in [0.25, 0.3) is 0 Å². The Hall–Kier alpha value is -1.96. The molecule has 0 amide bonds. The van der Waals surface area contributed by atoms with Crippen LogP contribution in [0.3, 0.4) is 0 Å². The number of nitrogens with zero attached hydrogens (tertiary/aromatic N) is 1. The zero-order valence-electron chi connectivity index (χ0n) is 12.6. The molecule has 0 aliphatic heterocycles. The number of hydrogen-bond acceptors (Lipinski definition) is 2. The van der Waals surface area contributed by atoms with Crippen molar-refractivity contribution in [2.45, 2.75) is 39.5 Å². The van der Waals surface area contributed by atoms with Crippen LogP contribution in [0, 0.1) is 6.92 Å². The van der Waals surface area contributed by atoms with Crippen molar-refractivity contribution >= 4 is 5.78 Å². The average Bonchev–Trinajstić information content (AvgIpc) is 2.38. The van der Waals surface area contributed by atoms with E-state index in [1.807, 2.05) is 25.1 Å². The van der Waals surface area contributed by atoms with Gasteiger partial charge in [0.1, 0.15) is 0 Å². The van der Waals surface area contributed by atoms with Gasteiger partial charge in [0.15, 0.2) is 5.78 Å². The van der Waals surface area contributed by atoms with Gasteiger partial charge in [0, 0.05) is 23.9 Å². The smallest absolute Gasteiger partial charge is 0.167 e.